The molecule has 148 valence electrons. The third-order valence-corrected chi connectivity index (χ3v) is 7.17. The van der Waals surface area contributed by atoms with Crippen LogP contribution in [-0.2, 0) is 14.6 Å². The number of aliphatic hydroxyl groups excluding tert-OH is 1. The van der Waals surface area contributed by atoms with E-state index < -0.39 is 16.4 Å². The van der Waals surface area contributed by atoms with Crippen LogP contribution >= 0.6 is 22.7 Å². The average molecular weight is 439 g/mol. The van der Waals surface area contributed by atoms with Gasteiger partial charge in [0.05, 0.1) is 33.5 Å². The molecule has 3 aromatic rings. The predicted molar refractivity (Wildman–Crippen MR) is 111 cm³/mol. The van der Waals surface area contributed by atoms with E-state index in [0.717, 1.165) is 16.3 Å². The molecule has 11 heteroatoms. The van der Waals surface area contributed by atoms with Crippen LogP contribution in [0.25, 0.3) is 10.6 Å². The van der Waals surface area contributed by atoms with Gasteiger partial charge in [0.25, 0.3) is 0 Å². The maximum Gasteiger partial charge on any atom is 0.223 e. The zero-order chi connectivity index (χ0) is 20.3. The van der Waals surface area contributed by atoms with E-state index >= 15 is 0 Å². The number of nitrogens with zero attached hydrogens (tertiary/aromatic N) is 2. The van der Waals surface area contributed by atoms with Crippen molar-refractivity contribution in [3.8, 4) is 10.6 Å². The van der Waals surface area contributed by atoms with E-state index in [4.69, 9.17) is 5.11 Å². The summed E-state index contributed by atoms with van der Waals surface area (Å²) in [6, 6.07) is 6.38. The molecular weight excluding hydrogens is 420 g/mol. The molecule has 3 rings (SSSR count). The number of sulfone groups is 1. The quantitative estimate of drug-likeness (QED) is 0.518. The average Bonchev–Trinajstić information content (AvgIpc) is 3.21. The zero-order valence-electron chi connectivity index (χ0n) is 15.1. The highest BCUT2D eigenvalue weighted by Gasteiger charge is 2.16. The van der Waals surface area contributed by atoms with Crippen molar-refractivity contribution in [2.75, 3.05) is 23.0 Å². The van der Waals surface area contributed by atoms with E-state index in [-0.39, 0.29) is 16.6 Å². The molecule has 1 amide bonds. The molecule has 0 unspecified atom stereocenters. The van der Waals surface area contributed by atoms with Crippen molar-refractivity contribution in [2.45, 2.75) is 18.7 Å². The van der Waals surface area contributed by atoms with Gasteiger partial charge < -0.3 is 15.7 Å². The Morgan fingerprint density at radius 3 is 2.75 bits per heavy atom. The Bertz CT molecular complexity index is 1110. The largest absolute Gasteiger partial charge is 0.395 e. The molecule has 0 atom stereocenters. The van der Waals surface area contributed by atoms with E-state index in [0.29, 0.717) is 16.0 Å². The fourth-order valence-corrected chi connectivity index (χ4v) is 5.24. The molecule has 0 spiro atoms. The molecule has 0 saturated carbocycles. The van der Waals surface area contributed by atoms with Crippen molar-refractivity contribution in [3.05, 3.63) is 35.3 Å². The van der Waals surface area contributed by atoms with Gasteiger partial charge in [-0.1, -0.05) is 17.4 Å². The van der Waals surface area contributed by atoms with Crippen LogP contribution in [0, 0.1) is 6.92 Å². The van der Waals surface area contributed by atoms with Crippen LogP contribution in [0.5, 0.6) is 0 Å². The van der Waals surface area contributed by atoms with Gasteiger partial charge in [-0.2, -0.15) is 0 Å². The molecule has 0 fully saturated rings. The zero-order valence-corrected chi connectivity index (χ0v) is 17.5. The number of aromatic nitrogens is 2. The summed E-state index contributed by atoms with van der Waals surface area (Å²) in [7, 11) is -3.52. The van der Waals surface area contributed by atoms with Crippen LogP contribution in [0.15, 0.2) is 34.5 Å². The molecule has 0 radical (unpaired) electrons. The van der Waals surface area contributed by atoms with Crippen molar-refractivity contribution in [3.63, 3.8) is 0 Å². The molecular formula is C17H18N4O4S3. The number of aliphatic hydroxyl groups is 1. The molecule has 1 aromatic carbocycles. The smallest absolute Gasteiger partial charge is 0.223 e. The summed E-state index contributed by atoms with van der Waals surface area (Å²) >= 11 is 2.72. The summed E-state index contributed by atoms with van der Waals surface area (Å²) in [4.78, 5) is 21.0. The highest BCUT2D eigenvalue weighted by molar-refractivity contribution is 7.91. The first kappa shape index (κ1) is 20.4. The highest BCUT2D eigenvalue weighted by atomic mass is 32.2. The number of hydrogen-bond acceptors (Lipinski definition) is 9. The fraction of sp³-hybridized carbons (Fsp3) is 0.235. The SMILES string of the molecule is CC(=O)Nc1nc(C)c(-c2csc(Nc3cccc(S(=O)(=O)CCO)c3)n2)s1. The van der Waals surface area contributed by atoms with Crippen LogP contribution in [0.4, 0.5) is 16.0 Å². The number of carbonyl (C=O) groups is 1. The van der Waals surface area contributed by atoms with Crippen molar-refractivity contribution in [1.82, 2.24) is 9.97 Å². The minimum Gasteiger partial charge on any atom is -0.395 e. The monoisotopic (exact) mass is 438 g/mol. The van der Waals surface area contributed by atoms with Gasteiger partial charge in [-0.25, -0.2) is 18.4 Å². The summed E-state index contributed by atoms with van der Waals surface area (Å²) in [5.41, 5.74) is 2.07. The van der Waals surface area contributed by atoms with Crippen LogP contribution in [0.1, 0.15) is 12.6 Å². The lowest BCUT2D eigenvalue weighted by Crippen LogP contribution is -2.10. The Morgan fingerprint density at radius 2 is 2.04 bits per heavy atom. The van der Waals surface area contributed by atoms with Gasteiger partial charge in [0, 0.05) is 18.0 Å². The standard InChI is InChI=1S/C17H18N4O4S3/c1-10-15(27-17(18-10)19-11(2)23)14-9-26-16(21-14)20-12-4-3-5-13(8-12)28(24,25)7-6-22/h3-5,8-9,22H,6-7H2,1-2H3,(H,20,21)(H,18,19,23). The molecule has 0 bridgehead atoms. The number of amides is 1. The Hall–Kier alpha value is -2.34. The molecule has 0 saturated heterocycles. The van der Waals surface area contributed by atoms with Crippen LogP contribution in [-0.4, -0.2) is 41.8 Å². The van der Waals surface area contributed by atoms with E-state index in [1.165, 1.54) is 41.7 Å². The normalized spacial score (nSPS) is 11.4. The number of anilines is 3. The lowest BCUT2D eigenvalue weighted by Gasteiger charge is -2.06. The van der Waals surface area contributed by atoms with Crippen LogP contribution < -0.4 is 10.6 Å². The predicted octanol–water partition coefficient (Wildman–Crippen LogP) is 3.04. The third-order valence-electron chi connectivity index (χ3n) is 3.62. The first-order valence-corrected chi connectivity index (χ1v) is 11.5. The first-order chi connectivity index (χ1) is 13.3. The van der Waals surface area contributed by atoms with Crippen molar-refractivity contribution >= 4 is 54.4 Å². The van der Waals surface area contributed by atoms with Gasteiger partial charge >= 0.3 is 0 Å². The van der Waals surface area contributed by atoms with Crippen LogP contribution in [0.2, 0.25) is 0 Å². The van der Waals surface area contributed by atoms with Gasteiger partial charge in [-0.3, -0.25) is 4.79 Å². The molecule has 0 aliphatic heterocycles. The Morgan fingerprint density at radius 1 is 1.25 bits per heavy atom. The van der Waals surface area contributed by atoms with Gasteiger partial charge in [0.1, 0.15) is 0 Å². The number of hydrogen-bond donors (Lipinski definition) is 3. The van der Waals surface area contributed by atoms with Crippen molar-refractivity contribution in [1.29, 1.82) is 0 Å². The highest BCUT2D eigenvalue weighted by Crippen LogP contribution is 2.35. The van der Waals surface area contributed by atoms with E-state index in [2.05, 4.69) is 20.6 Å². The number of thiazole rings is 2. The number of carbonyl (C=O) groups excluding carboxylic acids is 1. The lowest BCUT2D eigenvalue weighted by molar-refractivity contribution is -0.114. The minimum absolute atomic E-state index is 0.140. The van der Waals surface area contributed by atoms with Gasteiger partial charge in [-0.15, -0.1) is 11.3 Å². The Balaban J connectivity index is 1.81. The molecule has 0 aliphatic carbocycles. The molecule has 2 aromatic heterocycles. The Labute approximate surface area is 170 Å². The molecule has 8 nitrogen and oxygen atoms in total. The number of nitrogens with one attached hydrogen (secondary N) is 2. The summed E-state index contributed by atoms with van der Waals surface area (Å²) in [6.45, 7) is 2.85. The first-order valence-electron chi connectivity index (χ1n) is 8.20. The Kier molecular flexibility index (Phi) is 6.08. The second-order valence-corrected chi connectivity index (χ2v) is 9.81. The second kappa shape index (κ2) is 8.35. The fourth-order valence-electron chi connectivity index (χ4n) is 2.40. The van der Waals surface area contributed by atoms with Gasteiger partial charge in [0.15, 0.2) is 20.1 Å². The number of aryl methyl sites for hydroxylation is 1. The summed E-state index contributed by atoms with van der Waals surface area (Å²) in [6.07, 6.45) is 0. The third kappa shape index (κ3) is 4.73. The summed E-state index contributed by atoms with van der Waals surface area (Å²) in [5, 5.41) is 17.7. The molecule has 28 heavy (non-hydrogen) atoms. The topological polar surface area (TPSA) is 121 Å². The van der Waals surface area contributed by atoms with Crippen molar-refractivity contribution in [2.24, 2.45) is 0 Å². The lowest BCUT2D eigenvalue weighted by atomic mass is 10.3. The molecule has 2 heterocycles. The maximum atomic E-state index is 12.1. The number of rotatable bonds is 7. The van der Waals surface area contributed by atoms with E-state index in [1.807, 2.05) is 12.3 Å². The maximum absolute atomic E-state index is 12.1. The summed E-state index contributed by atoms with van der Waals surface area (Å²) in [5.74, 6) is -0.504. The van der Waals surface area contributed by atoms with E-state index in [9.17, 15) is 13.2 Å². The number of benzene rings is 1. The van der Waals surface area contributed by atoms with Crippen LogP contribution in [0.3, 0.4) is 0 Å². The molecule has 0 aliphatic rings. The van der Waals surface area contributed by atoms with Crippen molar-refractivity contribution < 1.29 is 18.3 Å². The second-order valence-electron chi connectivity index (χ2n) is 5.85. The van der Waals surface area contributed by atoms with E-state index in [1.54, 1.807) is 12.1 Å². The minimum atomic E-state index is -3.52. The van der Waals surface area contributed by atoms with Gasteiger partial charge in [-0.05, 0) is 25.1 Å². The summed E-state index contributed by atoms with van der Waals surface area (Å²) < 4.78 is 24.2. The molecule has 3 N–H and O–H groups in total. The van der Waals surface area contributed by atoms with Gasteiger partial charge in [0.2, 0.25) is 5.91 Å².